The number of rotatable bonds is 6. The molecular formula is C19H21NO3S. The van der Waals surface area contributed by atoms with E-state index in [0.29, 0.717) is 11.3 Å². The molecule has 1 N–H and O–H groups in total. The Labute approximate surface area is 146 Å². The summed E-state index contributed by atoms with van der Waals surface area (Å²) in [6.07, 6.45) is 0. The topological polar surface area (TPSA) is 55.4 Å². The zero-order valence-corrected chi connectivity index (χ0v) is 14.9. The zero-order chi connectivity index (χ0) is 17.5. The standard InChI is InChI=1S/C19H21NO3S/c1-4-24-17-8-6-5-7-16(17)19(22)23-12-18(21)20-15-10-13(2)9-14(3)11-15/h5-11H,4,12H2,1-3H3,(H,20,21). The number of benzene rings is 2. The SMILES string of the molecule is CCSc1ccccc1C(=O)OCC(=O)Nc1cc(C)cc(C)c1. The lowest BCUT2D eigenvalue weighted by molar-refractivity contribution is -0.119. The summed E-state index contributed by atoms with van der Waals surface area (Å²) < 4.78 is 5.15. The number of esters is 1. The number of amides is 1. The van der Waals surface area contributed by atoms with Crippen molar-refractivity contribution in [3.05, 3.63) is 59.2 Å². The smallest absolute Gasteiger partial charge is 0.339 e. The molecule has 0 heterocycles. The molecular weight excluding hydrogens is 322 g/mol. The first-order chi connectivity index (χ1) is 11.5. The summed E-state index contributed by atoms with van der Waals surface area (Å²) in [6, 6.07) is 13.0. The molecule has 0 aliphatic rings. The van der Waals surface area contributed by atoms with Crippen LogP contribution in [0.3, 0.4) is 0 Å². The van der Waals surface area contributed by atoms with Gasteiger partial charge >= 0.3 is 5.97 Å². The van der Waals surface area contributed by atoms with Crippen LogP contribution in [0.1, 0.15) is 28.4 Å². The van der Waals surface area contributed by atoms with Gasteiger partial charge in [-0.1, -0.05) is 25.1 Å². The summed E-state index contributed by atoms with van der Waals surface area (Å²) >= 11 is 1.57. The van der Waals surface area contributed by atoms with Gasteiger partial charge in [0.2, 0.25) is 0 Å². The van der Waals surface area contributed by atoms with Crippen LogP contribution in [0.2, 0.25) is 0 Å². The first-order valence-electron chi connectivity index (χ1n) is 7.76. The van der Waals surface area contributed by atoms with Crippen LogP contribution in [0.4, 0.5) is 5.69 Å². The zero-order valence-electron chi connectivity index (χ0n) is 14.1. The van der Waals surface area contributed by atoms with E-state index in [2.05, 4.69) is 5.32 Å². The van der Waals surface area contributed by atoms with Crippen LogP contribution in [0, 0.1) is 13.8 Å². The summed E-state index contributed by atoms with van der Waals surface area (Å²) in [5.74, 6) is 0.0217. The van der Waals surface area contributed by atoms with Crippen molar-refractivity contribution in [2.45, 2.75) is 25.7 Å². The molecule has 0 aromatic heterocycles. The Morgan fingerprint density at radius 2 is 1.75 bits per heavy atom. The number of carbonyl (C=O) groups excluding carboxylic acids is 2. The van der Waals surface area contributed by atoms with Crippen LogP contribution < -0.4 is 5.32 Å². The highest BCUT2D eigenvalue weighted by Crippen LogP contribution is 2.22. The molecule has 24 heavy (non-hydrogen) atoms. The minimum Gasteiger partial charge on any atom is -0.452 e. The molecule has 5 heteroatoms. The highest BCUT2D eigenvalue weighted by Gasteiger charge is 2.14. The lowest BCUT2D eigenvalue weighted by Crippen LogP contribution is -2.21. The minimum absolute atomic E-state index is 0.309. The van der Waals surface area contributed by atoms with Crippen LogP contribution in [0.5, 0.6) is 0 Å². The maximum atomic E-state index is 12.2. The van der Waals surface area contributed by atoms with Crippen molar-refractivity contribution in [3.8, 4) is 0 Å². The van der Waals surface area contributed by atoms with Gasteiger partial charge in [0.1, 0.15) is 0 Å². The van der Waals surface area contributed by atoms with E-state index in [1.54, 1.807) is 23.9 Å². The second-order valence-corrected chi connectivity index (χ2v) is 6.74. The van der Waals surface area contributed by atoms with Gasteiger partial charge in [0.25, 0.3) is 5.91 Å². The van der Waals surface area contributed by atoms with Crippen molar-refractivity contribution >= 4 is 29.3 Å². The predicted octanol–water partition coefficient (Wildman–Crippen LogP) is 4.21. The average Bonchev–Trinajstić information content (AvgIpc) is 2.52. The highest BCUT2D eigenvalue weighted by molar-refractivity contribution is 7.99. The molecule has 2 rings (SSSR count). The number of thioether (sulfide) groups is 1. The van der Waals surface area contributed by atoms with E-state index < -0.39 is 5.97 Å². The molecule has 2 aromatic rings. The lowest BCUT2D eigenvalue weighted by atomic mass is 10.1. The molecule has 1 amide bonds. The first-order valence-corrected chi connectivity index (χ1v) is 8.75. The third kappa shape index (κ3) is 5.13. The maximum Gasteiger partial charge on any atom is 0.339 e. The Morgan fingerprint density at radius 3 is 2.42 bits per heavy atom. The molecule has 0 aliphatic carbocycles. The van der Waals surface area contributed by atoms with Gasteiger partial charge in [-0.15, -0.1) is 11.8 Å². The number of aryl methyl sites for hydroxylation is 2. The number of anilines is 1. The van der Waals surface area contributed by atoms with Gasteiger partial charge in [0.05, 0.1) is 5.56 Å². The van der Waals surface area contributed by atoms with Crippen molar-refractivity contribution < 1.29 is 14.3 Å². The summed E-state index contributed by atoms with van der Waals surface area (Å²) in [7, 11) is 0. The van der Waals surface area contributed by atoms with Crippen molar-refractivity contribution in [3.63, 3.8) is 0 Å². The summed E-state index contributed by atoms with van der Waals surface area (Å²) in [4.78, 5) is 25.0. The number of nitrogens with one attached hydrogen (secondary N) is 1. The normalized spacial score (nSPS) is 10.3. The Kier molecular flexibility index (Phi) is 6.44. The van der Waals surface area contributed by atoms with Gasteiger partial charge in [-0.3, -0.25) is 4.79 Å². The highest BCUT2D eigenvalue weighted by atomic mass is 32.2. The molecule has 0 aliphatic heterocycles. The van der Waals surface area contributed by atoms with Gasteiger partial charge in [0.15, 0.2) is 6.61 Å². The maximum absolute atomic E-state index is 12.2. The molecule has 0 unspecified atom stereocenters. The van der Waals surface area contributed by atoms with Crippen LogP contribution in [0.15, 0.2) is 47.4 Å². The van der Waals surface area contributed by atoms with E-state index in [4.69, 9.17) is 4.74 Å². The molecule has 0 radical (unpaired) electrons. The molecule has 2 aromatic carbocycles. The fourth-order valence-corrected chi connectivity index (χ4v) is 3.16. The Morgan fingerprint density at radius 1 is 1.08 bits per heavy atom. The van der Waals surface area contributed by atoms with Crippen molar-refractivity contribution in [1.29, 1.82) is 0 Å². The van der Waals surface area contributed by atoms with E-state index in [-0.39, 0.29) is 12.5 Å². The van der Waals surface area contributed by atoms with Gasteiger partial charge in [-0.05, 0) is 55.0 Å². The fraction of sp³-hybridized carbons (Fsp3) is 0.263. The Hall–Kier alpha value is -2.27. The van der Waals surface area contributed by atoms with Gasteiger partial charge in [-0.25, -0.2) is 4.79 Å². The molecule has 0 fully saturated rings. The van der Waals surface area contributed by atoms with Gasteiger partial charge in [-0.2, -0.15) is 0 Å². The number of ether oxygens (including phenoxy) is 1. The molecule has 0 saturated carbocycles. The minimum atomic E-state index is -0.484. The second kappa shape index (κ2) is 8.55. The monoisotopic (exact) mass is 343 g/mol. The van der Waals surface area contributed by atoms with E-state index in [9.17, 15) is 9.59 Å². The number of hydrogen-bond acceptors (Lipinski definition) is 4. The quantitative estimate of drug-likeness (QED) is 0.630. The Bertz CT molecular complexity index is 723. The third-order valence-electron chi connectivity index (χ3n) is 3.25. The second-order valence-electron chi connectivity index (χ2n) is 5.43. The lowest BCUT2D eigenvalue weighted by Gasteiger charge is -2.10. The van der Waals surface area contributed by atoms with Gasteiger partial charge in [0, 0.05) is 10.6 Å². The molecule has 0 bridgehead atoms. The predicted molar refractivity (Wildman–Crippen MR) is 97.7 cm³/mol. The van der Waals surface area contributed by atoms with E-state index in [0.717, 1.165) is 21.8 Å². The summed E-state index contributed by atoms with van der Waals surface area (Å²) in [5, 5.41) is 2.75. The van der Waals surface area contributed by atoms with E-state index in [1.165, 1.54) is 0 Å². The number of carbonyl (C=O) groups is 2. The van der Waals surface area contributed by atoms with Crippen LogP contribution >= 0.6 is 11.8 Å². The largest absolute Gasteiger partial charge is 0.452 e. The molecule has 0 saturated heterocycles. The van der Waals surface area contributed by atoms with Crippen LogP contribution in [-0.4, -0.2) is 24.2 Å². The summed E-state index contributed by atoms with van der Waals surface area (Å²) in [5.41, 5.74) is 3.32. The fourth-order valence-electron chi connectivity index (χ4n) is 2.37. The first kappa shape index (κ1) is 18.1. The van der Waals surface area contributed by atoms with E-state index in [1.807, 2.05) is 51.1 Å². The average molecular weight is 343 g/mol. The van der Waals surface area contributed by atoms with Gasteiger partial charge < -0.3 is 10.1 Å². The Balaban J connectivity index is 1.95. The molecule has 126 valence electrons. The third-order valence-corrected chi connectivity index (χ3v) is 4.20. The van der Waals surface area contributed by atoms with Crippen LogP contribution in [-0.2, 0) is 9.53 Å². The molecule has 0 atom stereocenters. The van der Waals surface area contributed by atoms with Crippen molar-refractivity contribution in [2.24, 2.45) is 0 Å². The molecule has 0 spiro atoms. The van der Waals surface area contributed by atoms with Crippen molar-refractivity contribution in [2.75, 3.05) is 17.7 Å². The number of hydrogen-bond donors (Lipinski definition) is 1. The summed E-state index contributed by atoms with van der Waals surface area (Å²) in [6.45, 7) is 5.64. The van der Waals surface area contributed by atoms with Crippen molar-refractivity contribution in [1.82, 2.24) is 0 Å². The van der Waals surface area contributed by atoms with E-state index >= 15 is 0 Å². The van der Waals surface area contributed by atoms with Crippen LogP contribution in [0.25, 0.3) is 0 Å². The molecule has 4 nitrogen and oxygen atoms in total.